The van der Waals surface area contributed by atoms with Crippen LogP contribution in [0.5, 0.6) is 0 Å². The monoisotopic (exact) mass is 1480 g/mol. The number of carbonyl (C=O) groups excluding carboxylic acids is 1. The van der Waals surface area contributed by atoms with Crippen LogP contribution in [-0.2, 0) is 56.7 Å². The summed E-state index contributed by atoms with van der Waals surface area (Å²) < 4.78 is 5.75. The van der Waals surface area contributed by atoms with Gasteiger partial charge in [-0.3, -0.25) is 0 Å². The van der Waals surface area contributed by atoms with Gasteiger partial charge in [0.05, 0.1) is 40.5 Å². The van der Waals surface area contributed by atoms with Crippen LogP contribution in [0.4, 0.5) is 5.69 Å². The summed E-state index contributed by atoms with van der Waals surface area (Å²) in [5.74, 6) is 6.18. The number of aromatic amines is 1. The van der Waals surface area contributed by atoms with E-state index in [2.05, 4.69) is 257 Å². The second kappa shape index (κ2) is 31.2. The zero-order valence-electron chi connectivity index (χ0n) is 66.4. The van der Waals surface area contributed by atoms with Crippen molar-refractivity contribution in [1.29, 1.82) is 26.3 Å². The van der Waals surface area contributed by atoms with Gasteiger partial charge in [0.2, 0.25) is 0 Å². The van der Waals surface area contributed by atoms with Crippen molar-refractivity contribution in [3.63, 3.8) is 0 Å². The van der Waals surface area contributed by atoms with Crippen LogP contribution in [0.1, 0.15) is 215 Å². The molecular formula is C96H93N10O2Zn+. The molecule has 3 aromatic heterocycles. The third-order valence-corrected chi connectivity index (χ3v) is 20.0. The Bertz CT molecular complexity index is 5500. The molecule has 6 aromatic carbocycles. The molecule has 13 heteroatoms. The molecule has 2 aliphatic rings. The van der Waals surface area contributed by atoms with Gasteiger partial charge in [0.1, 0.15) is 48.1 Å². The molecule has 0 radical (unpaired) electrons. The number of hydrogen-bond acceptors (Lipinski definition) is 10. The molecule has 0 spiro atoms. The summed E-state index contributed by atoms with van der Waals surface area (Å²) in [7, 11) is 0. The summed E-state index contributed by atoms with van der Waals surface area (Å²) in [4.78, 5) is 36.8. The predicted octanol–water partition coefficient (Wildman–Crippen LogP) is 22.5. The number of anilines is 1. The Morgan fingerprint density at radius 2 is 0.771 bits per heavy atom. The van der Waals surface area contributed by atoms with E-state index in [0.717, 1.165) is 101 Å². The maximum atomic E-state index is 13.5. The van der Waals surface area contributed by atoms with Crippen molar-refractivity contribution in [2.24, 2.45) is 0 Å². The van der Waals surface area contributed by atoms with Gasteiger partial charge in [0.25, 0.3) is 0 Å². The SMILES string of the molecule is CCN(CCOC(=O)c1ccc(C#Cc2ccc(-c3c4nc(c(-c5cc(C(C)(C)C)cc(C(C)(C)C)c5)c5ccc([n-]5)c(-c5cc(C(C)(C)C)cc(C(C)(C)C)c5)c5nc(c(-c6cc(C(C)(C)C)cc(C(C)(C)C)c6)c6ccc3[nH]6)C=C5)C=C4)cc2)cc1)c1ccc(C(=C(C#N)C#N)C(C#N)=C(C#N)C#N)cc1.[Zn+2]. The molecule has 109 heavy (non-hydrogen) atoms. The summed E-state index contributed by atoms with van der Waals surface area (Å²) in [6, 6.07) is 60.7. The Morgan fingerprint density at radius 3 is 1.13 bits per heavy atom. The Balaban J connectivity index is 0.0000127. The Hall–Kier alpha value is -11.7. The topological polar surface area (TPSA) is 204 Å². The van der Waals surface area contributed by atoms with Gasteiger partial charge in [-0.1, -0.05) is 227 Å². The van der Waals surface area contributed by atoms with Crippen molar-refractivity contribution >= 4 is 63.6 Å². The van der Waals surface area contributed by atoms with E-state index < -0.39 is 17.1 Å². The minimum Gasteiger partial charge on any atom is -0.657 e. The third kappa shape index (κ3) is 17.5. The second-order valence-corrected chi connectivity index (χ2v) is 34.1. The van der Waals surface area contributed by atoms with E-state index in [0.29, 0.717) is 29.8 Å². The molecule has 12 nitrogen and oxygen atoms in total. The van der Waals surface area contributed by atoms with E-state index in [9.17, 15) is 31.1 Å². The third-order valence-electron chi connectivity index (χ3n) is 20.0. The Morgan fingerprint density at radius 1 is 0.422 bits per heavy atom. The van der Waals surface area contributed by atoms with Gasteiger partial charge in [-0.15, -0.1) is 11.0 Å². The number of aromatic nitrogens is 4. The standard InChI is InChI=1S/C96H94N10O2.Zn/c1-20-106(75-33-31-61(32-34-75)85(68(56-99)57-100)76(58-101)67(54-97)55-98)43-44-108-90(107)63-29-25-60(26-30-63)22-21-59-23-27-62(28-24-59)86-77-35-37-79(102-77)87(64-45-69(91(2,3)4)51-70(46-64)92(5,6)7)81-39-41-83(104-81)89(66-49-73(95(14,15)16)53-74(50-66)96(17,18)19)84-42-40-82(105-84)88(80-38-36-78(86)103-80)65-47-71(93(8,9)10)52-72(48-65)94(11,12)13;/h23-42,45-53H,20,43-44H2,1-19H3,(H2,102,103,104,105,107);/q;+2/p-1. The molecule has 0 fully saturated rings. The number of allylic oxidation sites excluding steroid dienone is 4. The fourth-order valence-electron chi connectivity index (χ4n) is 13.4. The minimum absolute atomic E-state index is 0. The van der Waals surface area contributed by atoms with Crippen LogP contribution in [0, 0.1) is 68.5 Å². The van der Waals surface area contributed by atoms with E-state index in [4.69, 9.17) is 19.7 Å². The van der Waals surface area contributed by atoms with Gasteiger partial charge < -0.3 is 19.6 Å². The number of hydrogen-bond donors (Lipinski definition) is 1. The number of fused-ring (bicyclic) bond motifs is 8. The number of rotatable bonds is 12. The Labute approximate surface area is 656 Å². The average Bonchev–Trinajstić information content (AvgIpc) is 1.58. The summed E-state index contributed by atoms with van der Waals surface area (Å²) in [5, 5.41) is 48.4. The molecule has 5 heterocycles. The summed E-state index contributed by atoms with van der Waals surface area (Å²) in [5.41, 5.74) is 22.4. The normalized spacial score (nSPS) is 12.1. The zero-order valence-corrected chi connectivity index (χ0v) is 69.4. The quantitative estimate of drug-likeness (QED) is 0.0400. The van der Waals surface area contributed by atoms with E-state index in [-0.39, 0.29) is 69.7 Å². The first kappa shape index (κ1) is 79.9. The fraction of sp³-hybridized carbons (Fsp3) is 0.292. The second-order valence-electron chi connectivity index (χ2n) is 34.1. The molecule has 0 unspecified atom stereocenters. The van der Waals surface area contributed by atoms with Crippen molar-refractivity contribution in [2.45, 2.75) is 164 Å². The number of nitrogens with zero attached hydrogens (tertiary/aromatic N) is 9. The van der Waals surface area contributed by atoms with Crippen molar-refractivity contribution in [2.75, 3.05) is 24.6 Å². The summed E-state index contributed by atoms with van der Waals surface area (Å²) >= 11 is 0. The molecule has 0 atom stereocenters. The minimum atomic E-state index is -0.510. The molecule has 2 aliphatic heterocycles. The summed E-state index contributed by atoms with van der Waals surface area (Å²) in [6.07, 6.45) is 8.67. The summed E-state index contributed by atoms with van der Waals surface area (Å²) in [6.45, 7) is 44.0. The zero-order chi connectivity index (χ0) is 78.2. The first-order valence-electron chi connectivity index (χ1n) is 36.8. The van der Waals surface area contributed by atoms with E-state index in [1.165, 1.54) is 33.4 Å². The van der Waals surface area contributed by atoms with Crippen LogP contribution in [0.3, 0.4) is 0 Å². The number of ether oxygens (including phenoxy) is 1. The number of carbonyl (C=O) groups is 1. The van der Waals surface area contributed by atoms with Crippen LogP contribution in [0.2, 0.25) is 0 Å². The van der Waals surface area contributed by atoms with Crippen LogP contribution < -0.4 is 9.88 Å². The van der Waals surface area contributed by atoms with Crippen LogP contribution >= 0.6 is 0 Å². The van der Waals surface area contributed by atoms with E-state index in [1.54, 1.807) is 72.8 Å². The molecule has 8 bridgehead atoms. The van der Waals surface area contributed by atoms with Gasteiger partial charge >= 0.3 is 25.4 Å². The van der Waals surface area contributed by atoms with Crippen LogP contribution in [0.25, 0.3) is 96.5 Å². The number of benzene rings is 6. The predicted molar refractivity (Wildman–Crippen MR) is 441 cm³/mol. The largest absolute Gasteiger partial charge is 2.00 e. The van der Waals surface area contributed by atoms with Crippen molar-refractivity contribution in [3.05, 3.63) is 247 Å². The molecular weight excluding hydrogens is 1390 g/mol. The molecule has 0 saturated carbocycles. The number of H-pyrrole nitrogens is 1. The molecule has 1 N–H and O–H groups in total. The fourth-order valence-corrected chi connectivity index (χ4v) is 13.4. The van der Waals surface area contributed by atoms with Gasteiger partial charge in [-0.25, -0.2) is 14.8 Å². The first-order chi connectivity index (χ1) is 50.9. The Kier molecular flexibility index (Phi) is 22.9. The van der Waals surface area contributed by atoms with Crippen molar-refractivity contribution < 1.29 is 29.0 Å². The molecule has 11 rings (SSSR count). The number of esters is 1. The smallest absolute Gasteiger partial charge is 0.657 e. The molecule has 0 aliphatic carbocycles. The van der Waals surface area contributed by atoms with Crippen LogP contribution in [0.15, 0.2) is 168 Å². The van der Waals surface area contributed by atoms with Gasteiger partial charge in [0.15, 0.2) is 0 Å². The van der Waals surface area contributed by atoms with Crippen molar-refractivity contribution in [3.8, 4) is 86.7 Å². The molecule has 9 aromatic rings. The van der Waals surface area contributed by atoms with E-state index in [1.807, 2.05) is 30.0 Å². The van der Waals surface area contributed by atoms with Gasteiger partial charge in [-0.2, -0.15) is 26.3 Å². The maximum absolute atomic E-state index is 13.5. The number of nitrogens with one attached hydrogen (secondary N) is 1. The van der Waals surface area contributed by atoms with E-state index >= 15 is 0 Å². The number of likely N-dealkylation sites (N-methyl/N-ethyl adjacent to an activating group) is 1. The number of nitriles is 5. The first-order valence-corrected chi connectivity index (χ1v) is 36.8. The average molecular weight is 1480 g/mol. The van der Waals surface area contributed by atoms with Crippen LogP contribution in [-0.4, -0.2) is 40.6 Å². The molecule has 0 amide bonds. The molecule has 540 valence electrons. The van der Waals surface area contributed by atoms with Gasteiger partial charge in [0, 0.05) is 51.1 Å². The van der Waals surface area contributed by atoms with Crippen molar-refractivity contribution in [1.82, 2.24) is 19.9 Å². The van der Waals surface area contributed by atoms with Gasteiger partial charge in [-0.05, 0) is 197 Å². The maximum Gasteiger partial charge on any atom is 2.00 e. The molecule has 0 saturated heterocycles.